The summed E-state index contributed by atoms with van der Waals surface area (Å²) < 4.78 is 6.21. The molecule has 1 aromatic rings. The van der Waals surface area contributed by atoms with Crippen LogP contribution in [0.25, 0.3) is 0 Å². The van der Waals surface area contributed by atoms with Gasteiger partial charge in [0.2, 0.25) is 0 Å². The van der Waals surface area contributed by atoms with Crippen LogP contribution in [-0.2, 0) is 0 Å². The van der Waals surface area contributed by atoms with E-state index < -0.39 is 0 Å². The summed E-state index contributed by atoms with van der Waals surface area (Å²) in [7, 11) is 8.03. The van der Waals surface area contributed by atoms with Crippen LogP contribution in [0, 0.1) is 17.2 Å². The Morgan fingerprint density at radius 2 is 1.91 bits per heavy atom. The Balaban J connectivity index is 2.03. The highest BCUT2D eigenvalue weighted by Crippen LogP contribution is 2.44. The number of benzene rings is 1. The predicted octanol–water partition coefficient (Wildman–Crippen LogP) is 2.75. The number of hydrogen-bond acceptors (Lipinski definition) is 4. The van der Waals surface area contributed by atoms with Crippen LogP contribution in [0.1, 0.15) is 11.5 Å². The maximum atomic E-state index is 9.65. The number of fused-ring (bicyclic) bond motifs is 2. The third-order valence-electron chi connectivity index (χ3n) is 4.36. The summed E-state index contributed by atoms with van der Waals surface area (Å²) in [6.07, 6.45) is 6.21. The molecule has 114 valence electrons. The van der Waals surface area contributed by atoms with Crippen molar-refractivity contribution in [3.8, 4) is 11.8 Å². The molecule has 0 spiro atoms. The number of ether oxygens (including phenoxy) is 1. The third-order valence-corrected chi connectivity index (χ3v) is 4.36. The van der Waals surface area contributed by atoms with E-state index in [0.29, 0.717) is 0 Å². The van der Waals surface area contributed by atoms with Gasteiger partial charge in [0, 0.05) is 57.1 Å². The highest BCUT2D eigenvalue weighted by molar-refractivity contribution is 5.56. The second-order valence-electron chi connectivity index (χ2n) is 6.23. The van der Waals surface area contributed by atoms with Gasteiger partial charge in [0.25, 0.3) is 0 Å². The van der Waals surface area contributed by atoms with Crippen molar-refractivity contribution in [1.82, 2.24) is 4.90 Å². The molecule has 1 heterocycles. The molecule has 4 heteroatoms. The highest BCUT2D eigenvalue weighted by atomic mass is 16.5. The molecular formula is C18H21N3O. The van der Waals surface area contributed by atoms with Gasteiger partial charge in [-0.05, 0) is 18.2 Å². The number of nitriles is 1. The van der Waals surface area contributed by atoms with Gasteiger partial charge in [-0.2, -0.15) is 5.26 Å². The van der Waals surface area contributed by atoms with Gasteiger partial charge in [0.1, 0.15) is 11.9 Å². The minimum absolute atomic E-state index is 0.0754. The van der Waals surface area contributed by atoms with E-state index in [9.17, 15) is 5.26 Å². The average Bonchev–Trinajstić information content (AvgIpc) is 2.51. The maximum absolute atomic E-state index is 9.65. The molecule has 1 aromatic carbocycles. The number of allylic oxidation sites excluding steroid dienone is 1. The summed E-state index contributed by atoms with van der Waals surface area (Å²) in [5, 5.41) is 9.65. The highest BCUT2D eigenvalue weighted by Gasteiger charge is 2.38. The first-order chi connectivity index (χ1) is 10.5. The zero-order valence-corrected chi connectivity index (χ0v) is 13.4. The second-order valence-corrected chi connectivity index (χ2v) is 6.23. The number of rotatable bonds is 2. The predicted molar refractivity (Wildman–Crippen MR) is 87.9 cm³/mol. The van der Waals surface area contributed by atoms with Crippen LogP contribution in [-0.4, -0.2) is 39.2 Å². The molecule has 0 aromatic heterocycles. The third kappa shape index (κ3) is 2.33. The van der Waals surface area contributed by atoms with Crippen LogP contribution in [0.2, 0.25) is 0 Å². The number of likely N-dealkylation sites (N-methyl/N-ethyl adjacent to an activating group) is 1. The van der Waals surface area contributed by atoms with E-state index >= 15 is 0 Å². The summed E-state index contributed by atoms with van der Waals surface area (Å²) in [5.41, 5.74) is 3.18. The van der Waals surface area contributed by atoms with Crippen molar-refractivity contribution in [2.24, 2.45) is 5.92 Å². The average molecular weight is 295 g/mol. The molecule has 1 aliphatic heterocycles. The van der Waals surface area contributed by atoms with Crippen molar-refractivity contribution in [3.05, 3.63) is 47.7 Å². The smallest absolute Gasteiger partial charge is 0.127 e. The first-order valence-electron chi connectivity index (χ1n) is 7.46. The van der Waals surface area contributed by atoms with Gasteiger partial charge < -0.3 is 14.5 Å². The summed E-state index contributed by atoms with van der Waals surface area (Å²) in [6.45, 7) is 0. The Bertz CT molecular complexity index is 682. The van der Waals surface area contributed by atoms with E-state index in [2.05, 4.69) is 29.2 Å². The lowest BCUT2D eigenvalue weighted by Crippen LogP contribution is -2.36. The van der Waals surface area contributed by atoms with Crippen LogP contribution in [0.5, 0.6) is 5.75 Å². The van der Waals surface area contributed by atoms with Crippen LogP contribution in [0.3, 0.4) is 0 Å². The molecule has 1 aliphatic carbocycles. The quantitative estimate of drug-likeness (QED) is 0.841. The number of hydrogen-bond donors (Lipinski definition) is 0. The summed E-state index contributed by atoms with van der Waals surface area (Å²) in [6, 6.07) is 8.55. The van der Waals surface area contributed by atoms with Gasteiger partial charge in [-0.3, -0.25) is 0 Å². The van der Waals surface area contributed by atoms with Gasteiger partial charge in [0.05, 0.1) is 12.0 Å². The topological polar surface area (TPSA) is 39.5 Å². The molecule has 2 aliphatic rings. The summed E-state index contributed by atoms with van der Waals surface area (Å²) in [5.74, 6) is 0.733. The zero-order valence-electron chi connectivity index (χ0n) is 13.4. The van der Waals surface area contributed by atoms with Crippen LogP contribution in [0.4, 0.5) is 5.69 Å². The van der Waals surface area contributed by atoms with Crippen LogP contribution < -0.4 is 9.64 Å². The number of anilines is 1. The lowest BCUT2D eigenvalue weighted by atomic mass is 9.78. The Kier molecular flexibility index (Phi) is 3.58. The van der Waals surface area contributed by atoms with Crippen molar-refractivity contribution in [1.29, 1.82) is 5.26 Å². The zero-order chi connectivity index (χ0) is 15.9. The molecular weight excluding hydrogens is 274 g/mol. The largest absolute Gasteiger partial charge is 0.485 e. The molecule has 0 fully saturated rings. The van der Waals surface area contributed by atoms with Gasteiger partial charge in [-0.15, -0.1) is 0 Å². The fourth-order valence-electron chi connectivity index (χ4n) is 3.04. The Morgan fingerprint density at radius 1 is 1.14 bits per heavy atom. The molecule has 0 amide bonds. The molecule has 3 unspecified atom stereocenters. The molecule has 3 rings (SSSR count). The first-order valence-corrected chi connectivity index (χ1v) is 7.46. The van der Waals surface area contributed by atoms with Gasteiger partial charge >= 0.3 is 0 Å². The molecule has 0 bridgehead atoms. The normalized spacial score (nSPS) is 25.2. The van der Waals surface area contributed by atoms with Crippen molar-refractivity contribution in [2.75, 3.05) is 33.1 Å². The molecule has 0 N–H and O–H groups in total. The van der Waals surface area contributed by atoms with E-state index in [4.69, 9.17) is 4.74 Å². The standard InChI is InChI=1S/C18H21N3O/c1-20(2)12-5-7-14-16(11-19)15-8-6-13(21(3)4)10-18(15)22-17(14)9-12/h5-10,14,16-17H,1-4H3. The van der Waals surface area contributed by atoms with Gasteiger partial charge in [0.15, 0.2) is 0 Å². The maximum Gasteiger partial charge on any atom is 0.127 e. The molecule has 0 saturated heterocycles. The van der Waals surface area contributed by atoms with E-state index in [1.165, 1.54) is 0 Å². The van der Waals surface area contributed by atoms with Crippen molar-refractivity contribution in [3.63, 3.8) is 0 Å². The van der Waals surface area contributed by atoms with E-state index in [1.807, 2.05) is 51.3 Å². The lowest BCUT2D eigenvalue weighted by Gasteiger charge is -2.37. The van der Waals surface area contributed by atoms with Crippen LogP contribution in [0.15, 0.2) is 42.1 Å². The van der Waals surface area contributed by atoms with E-state index in [-0.39, 0.29) is 17.9 Å². The van der Waals surface area contributed by atoms with Gasteiger partial charge in [-0.1, -0.05) is 12.1 Å². The van der Waals surface area contributed by atoms with Crippen molar-refractivity contribution >= 4 is 5.69 Å². The SMILES string of the molecule is CN(C)C1=CC2Oc3cc(N(C)C)ccc3C(C#N)C2C=C1. The Hall–Kier alpha value is -2.41. The minimum Gasteiger partial charge on any atom is -0.485 e. The minimum atomic E-state index is -0.166. The van der Waals surface area contributed by atoms with Gasteiger partial charge in [-0.25, -0.2) is 0 Å². The lowest BCUT2D eigenvalue weighted by molar-refractivity contribution is 0.166. The summed E-state index contributed by atoms with van der Waals surface area (Å²) >= 11 is 0. The van der Waals surface area contributed by atoms with Crippen molar-refractivity contribution in [2.45, 2.75) is 12.0 Å². The molecule has 22 heavy (non-hydrogen) atoms. The second kappa shape index (κ2) is 5.42. The number of nitrogens with zero attached hydrogens (tertiary/aromatic N) is 3. The Labute approximate surface area is 131 Å². The first kappa shape index (κ1) is 14.5. The summed E-state index contributed by atoms with van der Waals surface area (Å²) in [4.78, 5) is 4.10. The van der Waals surface area contributed by atoms with E-state index in [1.54, 1.807) is 0 Å². The fourth-order valence-corrected chi connectivity index (χ4v) is 3.04. The van der Waals surface area contributed by atoms with E-state index in [0.717, 1.165) is 22.7 Å². The van der Waals surface area contributed by atoms with Crippen LogP contribution >= 0.6 is 0 Å². The Morgan fingerprint density at radius 3 is 2.55 bits per heavy atom. The van der Waals surface area contributed by atoms with Crippen molar-refractivity contribution < 1.29 is 4.74 Å². The fraction of sp³-hybridized carbons (Fsp3) is 0.389. The molecule has 0 saturated carbocycles. The molecule has 0 radical (unpaired) electrons. The molecule has 4 nitrogen and oxygen atoms in total. The molecule has 3 atom stereocenters. The monoisotopic (exact) mass is 295 g/mol.